The maximum absolute atomic E-state index is 12.8. The molecule has 8 nitrogen and oxygen atoms in total. The Labute approximate surface area is 170 Å². The summed E-state index contributed by atoms with van der Waals surface area (Å²) in [6.45, 7) is 6.70. The van der Waals surface area contributed by atoms with Crippen LogP contribution in [0.15, 0.2) is 42.7 Å². The fourth-order valence-corrected chi connectivity index (χ4v) is 3.64. The summed E-state index contributed by atoms with van der Waals surface area (Å²) in [5.41, 5.74) is 1.15. The number of nitrogens with zero attached hydrogens (tertiary/aromatic N) is 6. The van der Waals surface area contributed by atoms with Gasteiger partial charge in [0, 0.05) is 37.9 Å². The quantitative estimate of drug-likeness (QED) is 0.638. The first-order valence-corrected chi connectivity index (χ1v) is 10.1. The molecule has 0 bridgehead atoms. The van der Waals surface area contributed by atoms with E-state index >= 15 is 0 Å². The van der Waals surface area contributed by atoms with E-state index in [0.29, 0.717) is 24.6 Å². The normalized spacial score (nSPS) is 15.5. The Balaban J connectivity index is 1.40. The molecule has 0 spiro atoms. The van der Waals surface area contributed by atoms with Gasteiger partial charge in [0.05, 0.1) is 0 Å². The Morgan fingerprint density at radius 2 is 1.93 bits per heavy atom. The van der Waals surface area contributed by atoms with E-state index in [1.165, 1.54) is 0 Å². The number of para-hydroxylation sites is 1. The Morgan fingerprint density at radius 3 is 2.66 bits per heavy atom. The van der Waals surface area contributed by atoms with Crippen LogP contribution in [0, 0.1) is 0 Å². The standard InChI is InChI=1S/C21H26N6O2/c1-3-7-17-14-19(23-21-24-22-15-27(17)21)25-10-12-26(13-11-25)20(28)16(2)29-18-8-5-4-6-9-18/h4-6,8-9,14-16H,3,7,10-13H2,1-2H3/t16-/m1/s1. The van der Waals surface area contributed by atoms with Gasteiger partial charge in [0.1, 0.15) is 17.9 Å². The summed E-state index contributed by atoms with van der Waals surface area (Å²) >= 11 is 0. The Kier molecular flexibility index (Phi) is 5.59. The Bertz CT molecular complexity index is 966. The minimum Gasteiger partial charge on any atom is -0.481 e. The highest BCUT2D eigenvalue weighted by atomic mass is 16.5. The summed E-state index contributed by atoms with van der Waals surface area (Å²) in [5.74, 6) is 2.24. The van der Waals surface area contributed by atoms with Crippen molar-refractivity contribution >= 4 is 17.5 Å². The lowest BCUT2D eigenvalue weighted by atomic mass is 10.2. The molecule has 4 rings (SSSR count). The van der Waals surface area contributed by atoms with Gasteiger partial charge in [-0.3, -0.25) is 9.20 Å². The van der Waals surface area contributed by atoms with E-state index in [9.17, 15) is 4.79 Å². The second-order valence-electron chi connectivity index (χ2n) is 7.24. The summed E-state index contributed by atoms with van der Waals surface area (Å²) in [6, 6.07) is 11.6. The van der Waals surface area contributed by atoms with Gasteiger partial charge in [-0.2, -0.15) is 4.98 Å². The maximum Gasteiger partial charge on any atom is 0.263 e. The van der Waals surface area contributed by atoms with Gasteiger partial charge in [-0.1, -0.05) is 31.5 Å². The number of carbonyl (C=O) groups excluding carboxylic acids is 1. The van der Waals surface area contributed by atoms with Gasteiger partial charge in [-0.15, -0.1) is 10.2 Å². The van der Waals surface area contributed by atoms with Crippen molar-refractivity contribution in [1.82, 2.24) is 24.5 Å². The number of carbonyl (C=O) groups is 1. The fourth-order valence-electron chi connectivity index (χ4n) is 3.64. The number of ether oxygens (including phenoxy) is 1. The summed E-state index contributed by atoms with van der Waals surface area (Å²) in [5, 5.41) is 8.10. The second kappa shape index (κ2) is 8.46. The molecule has 1 aromatic carbocycles. The molecule has 0 aliphatic carbocycles. The average Bonchev–Trinajstić information content (AvgIpc) is 3.23. The van der Waals surface area contributed by atoms with Crippen molar-refractivity contribution in [3.8, 4) is 5.75 Å². The van der Waals surface area contributed by atoms with E-state index in [2.05, 4.69) is 33.1 Å². The molecule has 1 atom stereocenters. The summed E-state index contributed by atoms with van der Waals surface area (Å²) in [4.78, 5) is 21.5. The zero-order chi connectivity index (χ0) is 20.2. The zero-order valence-electron chi connectivity index (χ0n) is 16.9. The molecule has 1 aliphatic heterocycles. The molecule has 2 aromatic heterocycles. The molecule has 29 heavy (non-hydrogen) atoms. The zero-order valence-corrected chi connectivity index (χ0v) is 16.9. The lowest BCUT2D eigenvalue weighted by Gasteiger charge is -2.36. The Hall–Kier alpha value is -3.16. The van der Waals surface area contributed by atoms with Crippen LogP contribution < -0.4 is 9.64 Å². The first kappa shape index (κ1) is 19.2. The molecule has 1 saturated heterocycles. The fraction of sp³-hybridized carbons (Fsp3) is 0.429. The van der Waals surface area contributed by atoms with Crippen molar-refractivity contribution in [3.05, 3.63) is 48.4 Å². The predicted molar refractivity (Wildman–Crippen MR) is 110 cm³/mol. The molecule has 1 aliphatic rings. The lowest BCUT2D eigenvalue weighted by Crippen LogP contribution is -2.52. The highest BCUT2D eigenvalue weighted by Gasteiger charge is 2.27. The smallest absolute Gasteiger partial charge is 0.263 e. The third kappa shape index (κ3) is 4.16. The summed E-state index contributed by atoms with van der Waals surface area (Å²) in [7, 11) is 0. The molecule has 152 valence electrons. The molecule has 1 amide bonds. The molecule has 3 aromatic rings. The number of hydrogen-bond donors (Lipinski definition) is 0. The van der Waals surface area contributed by atoms with Crippen LogP contribution in [0.5, 0.6) is 5.75 Å². The number of rotatable bonds is 6. The van der Waals surface area contributed by atoms with Crippen LogP contribution in [0.25, 0.3) is 5.78 Å². The van der Waals surface area contributed by atoms with E-state index in [-0.39, 0.29) is 5.91 Å². The van der Waals surface area contributed by atoms with Gasteiger partial charge in [0.2, 0.25) is 0 Å². The number of aryl methyl sites for hydroxylation is 1. The molecular weight excluding hydrogens is 368 g/mol. The van der Waals surface area contributed by atoms with Gasteiger partial charge in [0.25, 0.3) is 11.7 Å². The topological polar surface area (TPSA) is 75.9 Å². The number of aromatic nitrogens is 4. The van der Waals surface area contributed by atoms with Crippen molar-refractivity contribution in [3.63, 3.8) is 0 Å². The van der Waals surface area contributed by atoms with Crippen molar-refractivity contribution in [2.24, 2.45) is 0 Å². The van der Waals surface area contributed by atoms with E-state index in [0.717, 1.165) is 37.4 Å². The minimum atomic E-state index is -0.509. The largest absolute Gasteiger partial charge is 0.481 e. The minimum absolute atomic E-state index is 0.0149. The van der Waals surface area contributed by atoms with Crippen LogP contribution >= 0.6 is 0 Å². The second-order valence-corrected chi connectivity index (χ2v) is 7.24. The van der Waals surface area contributed by atoms with Crippen molar-refractivity contribution < 1.29 is 9.53 Å². The van der Waals surface area contributed by atoms with Crippen LogP contribution in [0.4, 0.5) is 5.82 Å². The summed E-state index contributed by atoms with van der Waals surface area (Å²) < 4.78 is 7.73. The Morgan fingerprint density at radius 1 is 1.17 bits per heavy atom. The van der Waals surface area contributed by atoms with Crippen LogP contribution in [0.1, 0.15) is 26.0 Å². The van der Waals surface area contributed by atoms with Gasteiger partial charge in [0.15, 0.2) is 6.10 Å². The molecule has 0 N–H and O–H groups in total. The molecule has 0 radical (unpaired) electrons. The SMILES string of the molecule is CCCc1cc(N2CCN(C(=O)[C@@H](C)Oc3ccccc3)CC2)nc2nncn12. The monoisotopic (exact) mass is 394 g/mol. The molecule has 8 heteroatoms. The molecular formula is C21H26N6O2. The highest BCUT2D eigenvalue weighted by Crippen LogP contribution is 2.19. The van der Waals surface area contributed by atoms with Crippen LogP contribution in [0.3, 0.4) is 0 Å². The van der Waals surface area contributed by atoms with Gasteiger partial charge in [-0.25, -0.2) is 0 Å². The number of anilines is 1. The predicted octanol–water partition coefficient (Wildman–Crippen LogP) is 2.19. The van der Waals surface area contributed by atoms with Gasteiger partial charge >= 0.3 is 0 Å². The number of fused-ring (bicyclic) bond motifs is 1. The van der Waals surface area contributed by atoms with Crippen LogP contribution in [-0.2, 0) is 11.2 Å². The number of benzene rings is 1. The van der Waals surface area contributed by atoms with Gasteiger partial charge < -0.3 is 14.5 Å². The average molecular weight is 394 g/mol. The molecule has 1 fully saturated rings. The number of hydrogen-bond acceptors (Lipinski definition) is 6. The molecule has 3 heterocycles. The number of amides is 1. The van der Waals surface area contributed by atoms with Crippen molar-refractivity contribution in [1.29, 1.82) is 0 Å². The molecule has 0 unspecified atom stereocenters. The van der Waals surface area contributed by atoms with Crippen molar-refractivity contribution in [2.45, 2.75) is 32.8 Å². The van der Waals surface area contributed by atoms with E-state index in [1.807, 2.05) is 39.6 Å². The summed E-state index contributed by atoms with van der Waals surface area (Å²) in [6.07, 6.45) is 3.18. The first-order valence-electron chi connectivity index (χ1n) is 10.1. The van der Waals surface area contributed by atoms with E-state index < -0.39 is 6.10 Å². The first-order chi connectivity index (χ1) is 14.2. The van der Waals surface area contributed by atoms with E-state index in [4.69, 9.17) is 4.74 Å². The van der Waals surface area contributed by atoms with Gasteiger partial charge in [-0.05, 0) is 25.5 Å². The van der Waals surface area contributed by atoms with Crippen molar-refractivity contribution in [2.75, 3.05) is 31.1 Å². The number of piperazine rings is 1. The van der Waals surface area contributed by atoms with Crippen LogP contribution in [-0.4, -0.2) is 62.7 Å². The van der Waals surface area contributed by atoms with Crippen LogP contribution in [0.2, 0.25) is 0 Å². The third-order valence-corrected chi connectivity index (χ3v) is 5.17. The lowest BCUT2D eigenvalue weighted by molar-refractivity contribution is -0.138. The van der Waals surface area contributed by atoms with E-state index in [1.54, 1.807) is 13.3 Å². The molecule has 0 saturated carbocycles. The third-order valence-electron chi connectivity index (χ3n) is 5.17. The maximum atomic E-state index is 12.8. The highest BCUT2D eigenvalue weighted by molar-refractivity contribution is 5.81.